The van der Waals surface area contributed by atoms with Crippen molar-refractivity contribution in [2.75, 3.05) is 19.5 Å². The highest BCUT2D eigenvalue weighted by molar-refractivity contribution is 7.98. The fourth-order valence-electron chi connectivity index (χ4n) is 2.26. The van der Waals surface area contributed by atoms with Gasteiger partial charge in [-0.2, -0.15) is 17.0 Å². The van der Waals surface area contributed by atoms with Crippen LogP contribution in [0.5, 0.6) is 11.5 Å². The van der Waals surface area contributed by atoms with E-state index in [0.29, 0.717) is 12.2 Å². The van der Waals surface area contributed by atoms with Gasteiger partial charge in [-0.25, -0.2) is 4.98 Å². The Bertz CT molecular complexity index is 868. The summed E-state index contributed by atoms with van der Waals surface area (Å²) in [5.41, 5.74) is 2.84. The minimum atomic E-state index is 0.631. The number of hydrogen-bond acceptors (Lipinski definition) is 6. The lowest BCUT2D eigenvalue weighted by atomic mass is 10.2. The molecule has 0 bridgehead atoms. The standard InChI is InChI=1S/C20H18N2O2S2/c1-23-18-8-4-16(5-9-18)20-22-17(14-26-20)13-25-11-10-24-19-6-2-15(12-21)3-7-19/h2-9,14H,10-11,13H2,1H3. The molecule has 4 nitrogen and oxygen atoms in total. The summed E-state index contributed by atoms with van der Waals surface area (Å²) in [4.78, 5) is 4.70. The van der Waals surface area contributed by atoms with E-state index < -0.39 is 0 Å². The van der Waals surface area contributed by atoms with Gasteiger partial charge in [-0.05, 0) is 48.5 Å². The van der Waals surface area contributed by atoms with Crippen molar-refractivity contribution < 1.29 is 9.47 Å². The molecule has 0 radical (unpaired) electrons. The third kappa shape index (κ3) is 5.01. The number of ether oxygens (including phenoxy) is 2. The molecule has 0 aliphatic heterocycles. The second kappa shape index (κ2) is 9.27. The van der Waals surface area contributed by atoms with Gasteiger partial charge in [-0.1, -0.05) is 0 Å². The van der Waals surface area contributed by atoms with Crippen LogP contribution in [0.3, 0.4) is 0 Å². The zero-order valence-corrected chi connectivity index (χ0v) is 16.0. The predicted molar refractivity (Wildman–Crippen MR) is 107 cm³/mol. The van der Waals surface area contributed by atoms with E-state index in [4.69, 9.17) is 19.7 Å². The minimum Gasteiger partial charge on any atom is -0.497 e. The summed E-state index contributed by atoms with van der Waals surface area (Å²) in [5.74, 6) is 3.39. The maximum Gasteiger partial charge on any atom is 0.123 e. The van der Waals surface area contributed by atoms with Crippen molar-refractivity contribution in [1.82, 2.24) is 4.98 Å². The average Bonchev–Trinajstić information content (AvgIpc) is 3.17. The predicted octanol–water partition coefficient (Wildman–Crippen LogP) is 5.00. The zero-order chi connectivity index (χ0) is 18.2. The van der Waals surface area contributed by atoms with Crippen LogP contribution in [-0.4, -0.2) is 24.5 Å². The molecular formula is C20H18N2O2S2. The molecule has 6 heteroatoms. The molecule has 0 aliphatic carbocycles. The molecule has 0 saturated carbocycles. The summed E-state index contributed by atoms with van der Waals surface area (Å²) in [7, 11) is 1.67. The Hall–Kier alpha value is -2.49. The molecule has 0 N–H and O–H groups in total. The van der Waals surface area contributed by atoms with Gasteiger partial charge in [0.25, 0.3) is 0 Å². The van der Waals surface area contributed by atoms with E-state index in [-0.39, 0.29) is 0 Å². The van der Waals surface area contributed by atoms with Gasteiger partial charge in [-0.3, -0.25) is 0 Å². The van der Waals surface area contributed by atoms with Crippen LogP contribution in [0.15, 0.2) is 53.9 Å². The fourth-order valence-corrected chi connectivity index (χ4v) is 3.89. The Labute approximate surface area is 161 Å². The summed E-state index contributed by atoms with van der Waals surface area (Å²) >= 11 is 3.45. The molecule has 0 fully saturated rings. The average molecular weight is 383 g/mol. The van der Waals surface area contributed by atoms with Crippen molar-refractivity contribution in [3.05, 3.63) is 65.2 Å². The van der Waals surface area contributed by atoms with Crippen LogP contribution in [0.4, 0.5) is 0 Å². The van der Waals surface area contributed by atoms with Gasteiger partial charge in [0.1, 0.15) is 16.5 Å². The highest BCUT2D eigenvalue weighted by Gasteiger charge is 2.05. The Morgan fingerprint density at radius 2 is 1.81 bits per heavy atom. The fraction of sp³-hybridized carbons (Fsp3) is 0.200. The van der Waals surface area contributed by atoms with Crippen LogP contribution in [0, 0.1) is 11.3 Å². The molecule has 0 saturated heterocycles. The van der Waals surface area contributed by atoms with Crippen molar-refractivity contribution in [2.45, 2.75) is 5.75 Å². The van der Waals surface area contributed by atoms with E-state index in [0.717, 1.165) is 39.3 Å². The topological polar surface area (TPSA) is 55.1 Å². The number of thiazole rings is 1. The second-order valence-corrected chi connectivity index (χ2v) is 7.37. The molecule has 0 atom stereocenters. The number of thioether (sulfide) groups is 1. The third-order valence-corrected chi connectivity index (χ3v) is 5.51. The summed E-state index contributed by atoms with van der Waals surface area (Å²) in [6, 6.07) is 17.2. The molecule has 1 heterocycles. The van der Waals surface area contributed by atoms with E-state index in [1.807, 2.05) is 36.4 Å². The monoisotopic (exact) mass is 382 g/mol. The highest BCUT2D eigenvalue weighted by Crippen LogP contribution is 2.27. The number of rotatable bonds is 8. The van der Waals surface area contributed by atoms with Gasteiger partial charge in [0.15, 0.2) is 0 Å². The van der Waals surface area contributed by atoms with Crippen LogP contribution in [0.25, 0.3) is 10.6 Å². The number of methoxy groups -OCH3 is 1. The largest absolute Gasteiger partial charge is 0.497 e. The Morgan fingerprint density at radius 3 is 2.50 bits per heavy atom. The number of aromatic nitrogens is 1. The molecular weight excluding hydrogens is 364 g/mol. The van der Waals surface area contributed by atoms with Crippen molar-refractivity contribution in [1.29, 1.82) is 5.26 Å². The van der Waals surface area contributed by atoms with Crippen molar-refractivity contribution in [3.63, 3.8) is 0 Å². The molecule has 0 aliphatic rings. The van der Waals surface area contributed by atoms with Crippen molar-refractivity contribution in [3.8, 4) is 28.1 Å². The third-order valence-electron chi connectivity index (χ3n) is 3.62. The summed E-state index contributed by atoms with van der Waals surface area (Å²) < 4.78 is 10.9. The van der Waals surface area contributed by atoms with E-state index in [9.17, 15) is 0 Å². The van der Waals surface area contributed by atoms with Gasteiger partial charge in [0, 0.05) is 22.4 Å². The molecule has 0 unspecified atom stereocenters. The lowest BCUT2D eigenvalue weighted by Crippen LogP contribution is -2.00. The number of nitriles is 1. The van der Waals surface area contributed by atoms with Gasteiger partial charge in [0.2, 0.25) is 0 Å². The van der Waals surface area contributed by atoms with Crippen LogP contribution in [0.1, 0.15) is 11.3 Å². The number of benzene rings is 2. The molecule has 26 heavy (non-hydrogen) atoms. The van der Waals surface area contributed by atoms with Gasteiger partial charge in [-0.15, -0.1) is 11.3 Å². The zero-order valence-electron chi connectivity index (χ0n) is 14.3. The minimum absolute atomic E-state index is 0.631. The maximum absolute atomic E-state index is 8.78. The molecule has 2 aromatic carbocycles. The maximum atomic E-state index is 8.78. The van der Waals surface area contributed by atoms with Gasteiger partial charge < -0.3 is 9.47 Å². The van der Waals surface area contributed by atoms with E-state index in [1.54, 1.807) is 42.3 Å². The molecule has 1 aromatic heterocycles. The normalized spacial score (nSPS) is 10.3. The first kappa shape index (κ1) is 18.3. The van der Waals surface area contributed by atoms with Gasteiger partial charge >= 0.3 is 0 Å². The summed E-state index contributed by atoms with van der Waals surface area (Å²) in [6.07, 6.45) is 0. The first-order valence-corrected chi connectivity index (χ1v) is 10.1. The second-order valence-electron chi connectivity index (χ2n) is 5.41. The van der Waals surface area contributed by atoms with E-state index in [2.05, 4.69) is 11.4 Å². The SMILES string of the molecule is COc1ccc(-c2nc(CSCCOc3ccc(C#N)cc3)cs2)cc1. The lowest BCUT2D eigenvalue weighted by Gasteiger charge is -2.05. The smallest absolute Gasteiger partial charge is 0.123 e. The number of nitrogens with zero attached hydrogens (tertiary/aromatic N) is 2. The quantitative estimate of drug-likeness (QED) is 0.513. The summed E-state index contributed by atoms with van der Waals surface area (Å²) in [5, 5.41) is 11.9. The lowest BCUT2D eigenvalue weighted by molar-refractivity contribution is 0.344. The van der Waals surface area contributed by atoms with Crippen molar-refractivity contribution >= 4 is 23.1 Å². The highest BCUT2D eigenvalue weighted by atomic mass is 32.2. The molecule has 132 valence electrons. The first-order chi connectivity index (χ1) is 12.8. The van der Waals surface area contributed by atoms with E-state index >= 15 is 0 Å². The molecule has 0 amide bonds. The summed E-state index contributed by atoms with van der Waals surface area (Å²) in [6.45, 7) is 0.631. The van der Waals surface area contributed by atoms with Crippen LogP contribution in [0.2, 0.25) is 0 Å². The van der Waals surface area contributed by atoms with Crippen LogP contribution < -0.4 is 9.47 Å². The van der Waals surface area contributed by atoms with E-state index in [1.165, 1.54) is 0 Å². The Balaban J connectivity index is 1.42. The van der Waals surface area contributed by atoms with Crippen molar-refractivity contribution in [2.24, 2.45) is 0 Å². The Morgan fingerprint density at radius 1 is 1.08 bits per heavy atom. The molecule has 0 spiro atoms. The molecule has 3 aromatic rings. The Kier molecular flexibility index (Phi) is 6.53. The van der Waals surface area contributed by atoms with Crippen LogP contribution in [-0.2, 0) is 5.75 Å². The molecule has 3 rings (SSSR count). The van der Waals surface area contributed by atoms with Crippen LogP contribution >= 0.6 is 23.1 Å². The first-order valence-electron chi connectivity index (χ1n) is 8.08. The van der Waals surface area contributed by atoms with Gasteiger partial charge in [0.05, 0.1) is 31.0 Å². The number of hydrogen-bond donors (Lipinski definition) is 0.